The fraction of sp³-hybridized carbons (Fsp3) is 0.600. The van der Waals surface area contributed by atoms with E-state index in [0.29, 0.717) is 0 Å². The van der Waals surface area contributed by atoms with Gasteiger partial charge in [-0.25, -0.2) is 4.79 Å². The van der Waals surface area contributed by atoms with Gasteiger partial charge in [0.05, 0.1) is 7.11 Å². The van der Waals surface area contributed by atoms with Crippen molar-refractivity contribution in [3.63, 3.8) is 0 Å². The van der Waals surface area contributed by atoms with Gasteiger partial charge in [0.25, 0.3) is 0 Å². The van der Waals surface area contributed by atoms with Gasteiger partial charge in [-0.3, -0.25) is 4.79 Å². The number of carbonyl (C=O) groups is 2. The predicted octanol–water partition coefficient (Wildman–Crippen LogP) is 0.876. The van der Waals surface area contributed by atoms with Crippen LogP contribution >= 0.6 is 0 Å². The van der Waals surface area contributed by atoms with E-state index in [-0.39, 0.29) is 11.3 Å². The Balaban J connectivity index is 4.65. The van der Waals surface area contributed by atoms with Gasteiger partial charge in [0.1, 0.15) is 6.04 Å². The molecule has 0 aliphatic rings. The van der Waals surface area contributed by atoms with E-state index in [1.165, 1.54) is 7.11 Å². The van der Waals surface area contributed by atoms with Crippen molar-refractivity contribution in [3.8, 4) is 0 Å². The van der Waals surface area contributed by atoms with Gasteiger partial charge in [-0.1, -0.05) is 27.4 Å². The lowest BCUT2D eigenvalue weighted by atomic mass is 9.86. The molecule has 0 aromatic rings. The van der Waals surface area contributed by atoms with Crippen LogP contribution in [0.4, 0.5) is 0 Å². The standard InChI is InChI=1S/C10H17NO3/c1-6-7(12)11-8(9(13)14-5)10(2,3)4/h6,8H,1H2,2-5H3,(H,11,12)/t8-/m1/s1. The Morgan fingerprint density at radius 1 is 1.43 bits per heavy atom. The van der Waals surface area contributed by atoms with Crippen molar-refractivity contribution in [2.75, 3.05) is 7.11 Å². The first kappa shape index (κ1) is 12.7. The SMILES string of the molecule is C=CC(=O)N[C@H](C(=O)OC)C(C)(C)C. The highest BCUT2D eigenvalue weighted by Gasteiger charge is 2.32. The van der Waals surface area contributed by atoms with Crippen molar-refractivity contribution in [2.45, 2.75) is 26.8 Å². The van der Waals surface area contributed by atoms with Crippen molar-refractivity contribution >= 4 is 11.9 Å². The van der Waals surface area contributed by atoms with E-state index in [1.54, 1.807) is 0 Å². The van der Waals surface area contributed by atoms with Crippen LogP contribution in [0.15, 0.2) is 12.7 Å². The Kier molecular flexibility index (Phi) is 4.34. The van der Waals surface area contributed by atoms with E-state index >= 15 is 0 Å². The molecular formula is C10H17NO3. The molecule has 0 rings (SSSR count). The van der Waals surface area contributed by atoms with Gasteiger partial charge < -0.3 is 10.1 Å². The lowest BCUT2D eigenvalue weighted by Gasteiger charge is -2.28. The number of ether oxygens (including phenoxy) is 1. The summed E-state index contributed by atoms with van der Waals surface area (Å²) in [7, 11) is 1.29. The highest BCUT2D eigenvalue weighted by Crippen LogP contribution is 2.20. The lowest BCUT2D eigenvalue weighted by molar-refractivity contribution is -0.147. The summed E-state index contributed by atoms with van der Waals surface area (Å²) >= 11 is 0. The van der Waals surface area contributed by atoms with Crippen LogP contribution in [0.1, 0.15) is 20.8 Å². The summed E-state index contributed by atoms with van der Waals surface area (Å²) in [5, 5.41) is 2.53. The summed E-state index contributed by atoms with van der Waals surface area (Å²) in [6.07, 6.45) is 1.13. The smallest absolute Gasteiger partial charge is 0.328 e. The van der Waals surface area contributed by atoms with Crippen LogP contribution < -0.4 is 5.32 Å². The van der Waals surface area contributed by atoms with Gasteiger partial charge in [-0.15, -0.1) is 0 Å². The summed E-state index contributed by atoms with van der Waals surface area (Å²) in [5.41, 5.74) is -0.383. The van der Waals surface area contributed by atoms with Gasteiger partial charge in [0, 0.05) is 0 Å². The summed E-state index contributed by atoms with van der Waals surface area (Å²) in [6.45, 7) is 8.85. The maximum atomic E-state index is 11.3. The second-order valence-corrected chi connectivity index (χ2v) is 4.03. The van der Waals surface area contributed by atoms with Crippen LogP contribution in [0, 0.1) is 5.41 Å². The van der Waals surface area contributed by atoms with Crippen LogP contribution in [0.2, 0.25) is 0 Å². The van der Waals surface area contributed by atoms with Crippen LogP contribution in [0.3, 0.4) is 0 Å². The van der Waals surface area contributed by atoms with Crippen LogP contribution in [0.25, 0.3) is 0 Å². The number of esters is 1. The van der Waals surface area contributed by atoms with E-state index in [1.807, 2.05) is 20.8 Å². The molecule has 0 aliphatic heterocycles. The third kappa shape index (κ3) is 3.60. The van der Waals surface area contributed by atoms with Crippen LogP contribution in [-0.2, 0) is 14.3 Å². The van der Waals surface area contributed by atoms with Gasteiger partial charge in [-0.05, 0) is 11.5 Å². The molecule has 0 bridgehead atoms. The molecule has 1 atom stereocenters. The summed E-state index contributed by atoms with van der Waals surface area (Å²) in [5.74, 6) is -0.831. The van der Waals surface area contributed by atoms with Gasteiger partial charge >= 0.3 is 5.97 Å². The molecule has 0 unspecified atom stereocenters. The minimum atomic E-state index is -0.655. The van der Waals surface area contributed by atoms with Gasteiger partial charge in [0.15, 0.2) is 0 Å². The van der Waals surface area contributed by atoms with Crippen molar-refractivity contribution in [3.05, 3.63) is 12.7 Å². The van der Waals surface area contributed by atoms with Crippen molar-refractivity contribution in [2.24, 2.45) is 5.41 Å². The average Bonchev–Trinajstić information content (AvgIpc) is 2.10. The molecule has 0 fully saturated rings. The van der Waals surface area contributed by atoms with Crippen molar-refractivity contribution in [1.82, 2.24) is 5.32 Å². The molecule has 0 saturated carbocycles. The minimum absolute atomic E-state index is 0.379. The molecular weight excluding hydrogens is 182 g/mol. The molecule has 0 aliphatic carbocycles. The number of carbonyl (C=O) groups excluding carboxylic acids is 2. The fourth-order valence-electron chi connectivity index (χ4n) is 0.948. The van der Waals surface area contributed by atoms with Gasteiger partial charge in [0.2, 0.25) is 5.91 Å². The Morgan fingerprint density at radius 3 is 2.21 bits per heavy atom. The summed E-state index contributed by atoms with van der Waals surface area (Å²) in [4.78, 5) is 22.4. The third-order valence-corrected chi connectivity index (χ3v) is 1.77. The summed E-state index contributed by atoms with van der Waals surface area (Å²) < 4.78 is 4.60. The van der Waals surface area contributed by atoms with E-state index in [2.05, 4.69) is 16.6 Å². The highest BCUT2D eigenvalue weighted by atomic mass is 16.5. The average molecular weight is 199 g/mol. The predicted molar refractivity (Wildman–Crippen MR) is 53.6 cm³/mol. The molecule has 0 spiro atoms. The molecule has 0 saturated heterocycles. The molecule has 4 nitrogen and oxygen atoms in total. The first-order valence-corrected chi connectivity index (χ1v) is 4.33. The zero-order valence-corrected chi connectivity index (χ0v) is 9.09. The van der Waals surface area contributed by atoms with E-state index in [9.17, 15) is 9.59 Å². The second-order valence-electron chi connectivity index (χ2n) is 4.03. The topological polar surface area (TPSA) is 55.4 Å². The maximum absolute atomic E-state index is 11.3. The first-order chi connectivity index (χ1) is 6.32. The molecule has 0 aromatic carbocycles. The summed E-state index contributed by atoms with van der Waals surface area (Å²) in [6, 6.07) is -0.655. The molecule has 0 aromatic heterocycles. The largest absolute Gasteiger partial charge is 0.467 e. The minimum Gasteiger partial charge on any atom is -0.467 e. The quantitative estimate of drug-likeness (QED) is 0.542. The Bertz CT molecular complexity index is 240. The molecule has 0 radical (unpaired) electrons. The molecule has 14 heavy (non-hydrogen) atoms. The molecule has 0 heterocycles. The number of hydrogen-bond donors (Lipinski definition) is 1. The zero-order chi connectivity index (χ0) is 11.4. The van der Waals surface area contributed by atoms with Gasteiger partial charge in [-0.2, -0.15) is 0 Å². The van der Waals surface area contributed by atoms with Crippen LogP contribution in [0.5, 0.6) is 0 Å². The molecule has 4 heteroatoms. The Hall–Kier alpha value is -1.32. The number of amides is 1. The van der Waals surface area contributed by atoms with Crippen LogP contribution in [-0.4, -0.2) is 25.0 Å². The Labute approximate surface area is 84.3 Å². The maximum Gasteiger partial charge on any atom is 0.328 e. The fourth-order valence-corrected chi connectivity index (χ4v) is 0.948. The monoisotopic (exact) mass is 199 g/mol. The number of rotatable bonds is 3. The Morgan fingerprint density at radius 2 is 1.93 bits per heavy atom. The third-order valence-electron chi connectivity index (χ3n) is 1.77. The molecule has 1 amide bonds. The van der Waals surface area contributed by atoms with Crippen molar-refractivity contribution < 1.29 is 14.3 Å². The number of methoxy groups -OCH3 is 1. The molecule has 80 valence electrons. The molecule has 1 N–H and O–H groups in total. The number of nitrogens with one attached hydrogen (secondary N) is 1. The zero-order valence-electron chi connectivity index (χ0n) is 9.09. The highest BCUT2D eigenvalue weighted by molar-refractivity contribution is 5.91. The number of hydrogen-bond acceptors (Lipinski definition) is 3. The lowest BCUT2D eigenvalue weighted by Crippen LogP contribution is -2.49. The van der Waals surface area contributed by atoms with Crippen molar-refractivity contribution in [1.29, 1.82) is 0 Å². The first-order valence-electron chi connectivity index (χ1n) is 4.33. The normalized spacial score (nSPS) is 12.9. The second kappa shape index (κ2) is 4.79. The van der Waals surface area contributed by atoms with E-state index < -0.39 is 12.0 Å². The van der Waals surface area contributed by atoms with E-state index in [4.69, 9.17) is 0 Å². The van der Waals surface area contributed by atoms with E-state index in [0.717, 1.165) is 6.08 Å².